The topological polar surface area (TPSA) is 69.7 Å². The van der Waals surface area contributed by atoms with Crippen LogP contribution in [0.2, 0.25) is 0 Å². The van der Waals surface area contributed by atoms with Gasteiger partial charge in [0, 0.05) is 18.7 Å². The maximum absolute atomic E-state index is 14.6. The fraction of sp³-hybridized carbons (Fsp3) is 0.375. The number of nitrogens with zero attached hydrogens (tertiary/aromatic N) is 2. The molecule has 1 aliphatic rings. The zero-order chi connectivity index (χ0) is 22.4. The van der Waals surface area contributed by atoms with E-state index in [1.54, 1.807) is 6.07 Å². The van der Waals surface area contributed by atoms with Gasteiger partial charge in [0.2, 0.25) is 11.8 Å². The average Bonchev–Trinajstić information content (AvgIpc) is 2.74. The molecule has 3 rings (SSSR count). The maximum atomic E-state index is 14.6. The van der Waals surface area contributed by atoms with Gasteiger partial charge in [0.15, 0.2) is 0 Å². The third-order valence-electron chi connectivity index (χ3n) is 5.36. The molecule has 1 N–H and O–H groups in total. The van der Waals surface area contributed by atoms with Gasteiger partial charge in [-0.3, -0.25) is 14.4 Å². The first-order valence-corrected chi connectivity index (χ1v) is 10.6. The summed E-state index contributed by atoms with van der Waals surface area (Å²) in [6, 6.07) is 12.5. The summed E-state index contributed by atoms with van der Waals surface area (Å²) in [4.78, 5) is 41.2. The van der Waals surface area contributed by atoms with Crippen molar-refractivity contribution in [1.82, 2.24) is 15.1 Å². The van der Waals surface area contributed by atoms with Gasteiger partial charge >= 0.3 is 0 Å². The lowest BCUT2D eigenvalue weighted by molar-refractivity contribution is -0.158. The van der Waals surface area contributed by atoms with Crippen LogP contribution in [-0.2, 0) is 20.9 Å². The SMILES string of the molecule is CCCCNC(=O)CN1CC(=O)N(Cc2ccc(C)cc2)C(c2ccccc2F)C1=O. The molecule has 0 bridgehead atoms. The van der Waals surface area contributed by atoms with Gasteiger partial charge in [-0.1, -0.05) is 61.4 Å². The molecule has 6 nitrogen and oxygen atoms in total. The standard InChI is InChI=1S/C24H28FN3O3/c1-3-4-13-26-21(29)15-27-16-22(30)28(14-18-11-9-17(2)10-12-18)23(24(27)31)19-7-5-6-8-20(19)25/h5-12,23H,3-4,13-16H2,1-2H3,(H,26,29). The van der Waals surface area contributed by atoms with Crippen molar-refractivity contribution in [2.75, 3.05) is 19.6 Å². The van der Waals surface area contributed by atoms with Gasteiger partial charge in [0.1, 0.15) is 24.9 Å². The van der Waals surface area contributed by atoms with Crippen molar-refractivity contribution in [2.24, 2.45) is 0 Å². The highest BCUT2D eigenvalue weighted by Gasteiger charge is 2.41. The highest BCUT2D eigenvalue weighted by molar-refractivity contribution is 5.97. The third kappa shape index (κ3) is 5.48. The highest BCUT2D eigenvalue weighted by Crippen LogP contribution is 2.30. The third-order valence-corrected chi connectivity index (χ3v) is 5.36. The predicted molar refractivity (Wildman–Crippen MR) is 115 cm³/mol. The lowest BCUT2D eigenvalue weighted by atomic mass is 9.99. The van der Waals surface area contributed by atoms with E-state index in [1.165, 1.54) is 28.0 Å². The van der Waals surface area contributed by atoms with E-state index >= 15 is 0 Å². The van der Waals surface area contributed by atoms with Crippen LogP contribution in [-0.4, -0.2) is 47.2 Å². The number of carbonyl (C=O) groups excluding carboxylic acids is 3. The van der Waals surface area contributed by atoms with E-state index in [-0.39, 0.29) is 37.0 Å². The molecule has 1 aliphatic heterocycles. The Morgan fingerprint density at radius 2 is 1.84 bits per heavy atom. The number of carbonyl (C=O) groups is 3. The number of amides is 3. The minimum Gasteiger partial charge on any atom is -0.355 e. The molecule has 1 heterocycles. The van der Waals surface area contributed by atoms with Crippen LogP contribution >= 0.6 is 0 Å². The molecule has 164 valence electrons. The van der Waals surface area contributed by atoms with Gasteiger partial charge < -0.3 is 15.1 Å². The van der Waals surface area contributed by atoms with E-state index in [4.69, 9.17) is 0 Å². The van der Waals surface area contributed by atoms with Gasteiger partial charge in [-0.15, -0.1) is 0 Å². The number of benzene rings is 2. The van der Waals surface area contributed by atoms with Crippen LogP contribution in [0.4, 0.5) is 4.39 Å². The second-order valence-electron chi connectivity index (χ2n) is 7.83. The molecule has 2 aromatic rings. The summed E-state index contributed by atoms with van der Waals surface area (Å²) in [5.41, 5.74) is 2.05. The summed E-state index contributed by atoms with van der Waals surface area (Å²) in [7, 11) is 0. The number of hydrogen-bond acceptors (Lipinski definition) is 3. The fourth-order valence-corrected chi connectivity index (χ4v) is 3.62. The van der Waals surface area contributed by atoms with Crippen molar-refractivity contribution in [3.63, 3.8) is 0 Å². The molecule has 0 radical (unpaired) electrons. The molecule has 3 amide bonds. The zero-order valence-electron chi connectivity index (χ0n) is 17.9. The number of nitrogens with one attached hydrogen (secondary N) is 1. The molecule has 1 fully saturated rings. The van der Waals surface area contributed by atoms with Crippen molar-refractivity contribution in [3.8, 4) is 0 Å². The van der Waals surface area contributed by atoms with Crippen molar-refractivity contribution in [2.45, 2.75) is 39.3 Å². The number of halogens is 1. The van der Waals surface area contributed by atoms with Gasteiger partial charge in [-0.05, 0) is 25.0 Å². The number of piperazine rings is 1. The Labute approximate surface area is 182 Å². The van der Waals surface area contributed by atoms with Gasteiger partial charge in [0.25, 0.3) is 5.91 Å². The normalized spacial score (nSPS) is 16.5. The smallest absolute Gasteiger partial charge is 0.251 e. The fourth-order valence-electron chi connectivity index (χ4n) is 3.62. The van der Waals surface area contributed by atoms with Gasteiger partial charge in [-0.25, -0.2) is 4.39 Å². The van der Waals surface area contributed by atoms with E-state index in [1.807, 2.05) is 38.1 Å². The van der Waals surface area contributed by atoms with Crippen molar-refractivity contribution in [1.29, 1.82) is 0 Å². The molecular weight excluding hydrogens is 397 g/mol. The lowest BCUT2D eigenvalue weighted by Crippen LogP contribution is -2.57. The maximum Gasteiger partial charge on any atom is 0.251 e. The van der Waals surface area contributed by atoms with Crippen LogP contribution in [0.15, 0.2) is 48.5 Å². The Morgan fingerprint density at radius 1 is 1.13 bits per heavy atom. The Morgan fingerprint density at radius 3 is 2.52 bits per heavy atom. The minimum absolute atomic E-state index is 0.129. The summed E-state index contributed by atoms with van der Waals surface area (Å²) < 4.78 is 14.6. The van der Waals surface area contributed by atoms with Crippen LogP contribution in [0, 0.1) is 12.7 Å². The summed E-state index contributed by atoms with van der Waals surface area (Å²) in [6.07, 6.45) is 1.77. The van der Waals surface area contributed by atoms with Gasteiger partial charge in [-0.2, -0.15) is 0 Å². The summed E-state index contributed by atoms with van der Waals surface area (Å²) in [6.45, 7) is 4.24. The summed E-state index contributed by atoms with van der Waals surface area (Å²) in [5, 5.41) is 2.76. The first-order valence-electron chi connectivity index (χ1n) is 10.6. The summed E-state index contributed by atoms with van der Waals surface area (Å²) in [5.74, 6) is -1.66. The Hall–Kier alpha value is -3.22. The Kier molecular flexibility index (Phi) is 7.39. The van der Waals surface area contributed by atoms with Crippen LogP contribution in [0.25, 0.3) is 0 Å². The molecule has 1 atom stereocenters. The molecule has 0 aliphatic carbocycles. The number of aryl methyl sites for hydroxylation is 1. The van der Waals surface area contributed by atoms with Crippen LogP contribution in [0.3, 0.4) is 0 Å². The van der Waals surface area contributed by atoms with Gasteiger partial charge in [0.05, 0.1) is 0 Å². The zero-order valence-corrected chi connectivity index (χ0v) is 17.9. The van der Waals surface area contributed by atoms with E-state index in [0.29, 0.717) is 6.54 Å². The molecule has 7 heteroatoms. The van der Waals surface area contributed by atoms with Crippen molar-refractivity contribution >= 4 is 17.7 Å². The second-order valence-corrected chi connectivity index (χ2v) is 7.83. The Balaban J connectivity index is 1.87. The molecule has 0 saturated carbocycles. The molecular formula is C24H28FN3O3. The Bertz CT molecular complexity index is 945. The predicted octanol–water partition coefficient (Wildman–Crippen LogP) is 2.96. The largest absolute Gasteiger partial charge is 0.355 e. The first kappa shape index (κ1) is 22.5. The average molecular weight is 426 g/mol. The number of rotatable bonds is 8. The van der Waals surface area contributed by atoms with Crippen LogP contribution < -0.4 is 5.32 Å². The monoisotopic (exact) mass is 425 g/mol. The van der Waals surface area contributed by atoms with E-state index < -0.39 is 17.8 Å². The molecule has 0 spiro atoms. The molecule has 0 aromatic heterocycles. The minimum atomic E-state index is -1.12. The van der Waals surface area contributed by atoms with Crippen LogP contribution in [0.5, 0.6) is 0 Å². The quantitative estimate of drug-likeness (QED) is 0.661. The van der Waals surface area contributed by atoms with Crippen molar-refractivity contribution in [3.05, 3.63) is 71.0 Å². The lowest BCUT2D eigenvalue weighted by Gasteiger charge is -2.40. The highest BCUT2D eigenvalue weighted by atomic mass is 19.1. The first-order chi connectivity index (χ1) is 14.9. The van der Waals surface area contributed by atoms with Crippen molar-refractivity contribution < 1.29 is 18.8 Å². The molecule has 1 saturated heterocycles. The second kappa shape index (κ2) is 10.2. The van der Waals surface area contributed by atoms with Crippen LogP contribution in [0.1, 0.15) is 42.5 Å². The van der Waals surface area contributed by atoms with E-state index in [0.717, 1.165) is 24.0 Å². The molecule has 31 heavy (non-hydrogen) atoms. The number of hydrogen-bond donors (Lipinski definition) is 1. The summed E-state index contributed by atoms with van der Waals surface area (Å²) >= 11 is 0. The molecule has 2 aromatic carbocycles. The van der Waals surface area contributed by atoms with E-state index in [9.17, 15) is 18.8 Å². The molecule has 1 unspecified atom stereocenters. The van der Waals surface area contributed by atoms with E-state index in [2.05, 4.69) is 5.32 Å². The number of unbranched alkanes of at least 4 members (excludes halogenated alkanes) is 1.